The van der Waals surface area contributed by atoms with E-state index < -0.39 is 5.91 Å². The second kappa shape index (κ2) is 6.71. The quantitative estimate of drug-likeness (QED) is 0.430. The fourth-order valence-corrected chi connectivity index (χ4v) is 2.19. The number of aromatic nitrogens is 2. The summed E-state index contributed by atoms with van der Waals surface area (Å²) in [4.78, 5) is 28.3. The predicted octanol–water partition coefficient (Wildman–Crippen LogP) is -0.125. The smallest absolute Gasteiger partial charge is 0.279 e. The molecule has 0 aliphatic heterocycles. The van der Waals surface area contributed by atoms with Gasteiger partial charge in [0, 0.05) is 4.47 Å². The number of carbonyl (C=O) groups is 1. The molecule has 0 radical (unpaired) electrons. The maximum absolute atomic E-state index is 12.4. The van der Waals surface area contributed by atoms with E-state index in [1.807, 2.05) is 0 Å². The largest absolute Gasteiger partial charge is 0.375 e. The van der Waals surface area contributed by atoms with Crippen LogP contribution in [0.1, 0.15) is 5.82 Å². The average Bonchev–Trinajstić information content (AvgIpc) is 2.46. The van der Waals surface area contributed by atoms with Crippen LogP contribution in [0.2, 0.25) is 0 Å². The lowest BCUT2D eigenvalue weighted by molar-refractivity contribution is -0.120. The molecule has 0 unspecified atom stereocenters. The van der Waals surface area contributed by atoms with Crippen LogP contribution in [0.4, 0.5) is 0 Å². The average molecular weight is 385 g/mol. The van der Waals surface area contributed by atoms with Gasteiger partial charge in [-0.2, -0.15) is 0 Å². The molecular weight excluding hydrogens is 372 g/mol. The first kappa shape index (κ1) is 16.2. The SMILES string of the molecule is Cc1nc2ccc(Br)cc2c(=O)n1NCC(=O)NNC(N)=S. The summed E-state index contributed by atoms with van der Waals surface area (Å²) >= 11 is 7.87. The molecule has 5 N–H and O–H groups in total. The molecular formula is C12H13BrN6O2S. The Balaban J connectivity index is 2.22. The van der Waals surface area contributed by atoms with E-state index in [9.17, 15) is 9.59 Å². The topological polar surface area (TPSA) is 114 Å². The lowest BCUT2D eigenvalue weighted by atomic mass is 10.2. The molecule has 0 fully saturated rings. The van der Waals surface area contributed by atoms with E-state index in [1.165, 1.54) is 4.68 Å². The molecule has 0 aliphatic rings. The van der Waals surface area contributed by atoms with Gasteiger partial charge in [-0.15, -0.1) is 0 Å². The Hall–Kier alpha value is -2.20. The maximum Gasteiger partial charge on any atom is 0.279 e. The number of hydrazine groups is 1. The lowest BCUT2D eigenvalue weighted by Gasteiger charge is -2.13. The van der Waals surface area contributed by atoms with Gasteiger partial charge in [0.05, 0.1) is 10.9 Å². The first-order chi connectivity index (χ1) is 10.4. The maximum atomic E-state index is 12.4. The highest BCUT2D eigenvalue weighted by molar-refractivity contribution is 9.10. The molecule has 2 rings (SSSR count). The van der Waals surface area contributed by atoms with E-state index in [0.29, 0.717) is 16.7 Å². The number of rotatable bonds is 3. The van der Waals surface area contributed by atoms with Gasteiger partial charge < -0.3 is 11.2 Å². The van der Waals surface area contributed by atoms with Gasteiger partial charge >= 0.3 is 0 Å². The molecule has 0 spiro atoms. The summed E-state index contributed by atoms with van der Waals surface area (Å²) in [6.07, 6.45) is 0. The van der Waals surface area contributed by atoms with Crippen molar-refractivity contribution in [1.29, 1.82) is 0 Å². The lowest BCUT2D eigenvalue weighted by Crippen LogP contribution is -2.48. The van der Waals surface area contributed by atoms with Gasteiger partial charge in [-0.1, -0.05) is 15.9 Å². The Morgan fingerprint density at radius 2 is 2.18 bits per heavy atom. The molecule has 116 valence electrons. The van der Waals surface area contributed by atoms with Gasteiger partial charge in [0.2, 0.25) is 0 Å². The molecule has 1 amide bonds. The summed E-state index contributed by atoms with van der Waals surface area (Å²) in [5.74, 6) is 0.00312. The zero-order valence-electron chi connectivity index (χ0n) is 11.5. The van der Waals surface area contributed by atoms with E-state index in [2.05, 4.69) is 49.4 Å². The van der Waals surface area contributed by atoms with Crippen molar-refractivity contribution in [2.75, 3.05) is 12.0 Å². The number of nitrogens with two attached hydrogens (primary N) is 1. The molecule has 0 saturated heterocycles. The summed E-state index contributed by atoms with van der Waals surface area (Å²) in [5, 5.41) is 0.382. The van der Waals surface area contributed by atoms with Crippen molar-refractivity contribution in [1.82, 2.24) is 20.5 Å². The highest BCUT2D eigenvalue weighted by atomic mass is 79.9. The van der Waals surface area contributed by atoms with Crippen molar-refractivity contribution in [2.24, 2.45) is 5.73 Å². The first-order valence-corrected chi connectivity index (χ1v) is 7.35. The van der Waals surface area contributed by atoms with Crippen LogP contribution in [-0.2, 0) is 4.79 Å². The van der Waals surface area contributed by atoms with Crippen LogP contribution in [-0.4, -0.2) is 27.2 Å². The summed E-state index contributed by atoms with van der Waals surface area (Å²) in [5.41, 5.74) is 12.8. The van der Waals surface area contributed by atoms with Crippen molar-refractivity contribution in [2.45, 2.75) is 6.92 Å². The number of carbonyl (C=O) groups excluding carboxylic acids is 1. The third-order valence-corrected chi connectivity index (χ3v) is 3.32. The normalized spacial score (nSPS) is 10.3. The van der Waals surface area contributed by atoms with Crippen molar-refractivity contribution < 1.29 is 4.79 Å². The van der Waals surface area contributed by atoms with Gasteiger partial charge in [-0.25, -0.2) is 9.66 Å². The zero-order chi connectivity index (χ0) is 16.3. The number of hydrogen-bond donors (Lipinski definition) is 4. The second-order valence-electron chi connectivity index (χ2n) is 4.33. The Morgan fingerprint density at radius 1 is 1.45 bits per heavy atom. The van der Waals surface area contributed by atoms with Crippen LogP contribution in [0.25, 0.3) is 10.9 Å². The molecule has 0 saturated carbocycles. The number of halogens is 1. The first-order valence-electron chi connectivity index (χ1n) is 6.15. The molecule has 0 atom stereocenters. The van der Waals surface area contributed by atoms with Crippen LogP contribution in [0, 0.1) is 6.92 Å². The summed E-state index contributed by atoms with van der Waals surface area (Å²) < 4.78 is 1.99. The number of fused-ring (bicyclic) bond motifs is 1. The number of amides is 1. The molecule has 10 heteroatoms. The molecule has 1 aromatic carbocycles. The monoisotopic (exact) mass is 384 g/mol. The number of hydrogen-bond acceptors (Lipinski definition) is 5. The van der Waals surface area contributed by atoms with E-state index in [4.69, 9.17) is 5.73 Å². The van der Waals surface area contributed by atoms with E-state index in [1.54, 1.807) is 25.1 Å². The minimum absolute atomic E-state index is 0.0566. The highest BCUT2D eigenvalue weighted by Crippen LogP contribution is 2.15. The minimum atomic E-state index is -0.437. The summed E-state index contributed by atoms with van der Waals surface area (Å²) in [6, 6.07) is 5.23. The van der Waals surface area contributed by atoms with E-state index >= 15 is 0 Å². The van der Waals surface area contributed by atoms with Crippen LogP contribution in [0.3, 0.4) is 0 Å². The summed E-state index contributed by atoms with van der Waals surface area (Å²) in [6.45, 7) is 1.51. The van der Waals surface area contributed by atoms with Crippen molar-refractivity contribution >= 4 is 50.1 Å². The Morgan fingerprint density at radius 3 is 2.86 bits per heavy atom. The van der Waals surface area contributed by atoms with E-state index in [0.717, 1.165) is 4.47 Å². The van der Waals surface area contributed by atoms with Crippen molar-refractivity contribution in [3.05, 3.63) is 38.9 Å². The van der Waals surface area contributed by atoms with Gasteiger partial charge in [-0.05, 0) is 37.3 Å². The van der Waals surface area contributed by atoms with Gasteiger partial charge in [0.15, 0.2) is 5.11 Å². The van der Waals surface area contributed by atoms with Gasteiger partial charge in [0.1, 0.15) is 12.4 Å². The minimum Gasteiger partial charge on any atom is -0.375 e. The molecule has 1 aromatic heterocycles. The number of thiocarbonyl (C=S) groups is 1. The molecule has 22 heavy (non-hydrogen) atoms. The molecule has 0 bridgehead atoms. The Bertz CT molecular complexity index is 806. The Kier molecular flexibility index (Phi) is 4.93. The summed E-state index contributed by atoms with van der Waals surface area (Å²) in [7, 11) is 0. The van der Waals surface area contributed by atoms with Crippen LogP contribution in [0.5, 0.6) is 0 Å². The standard InChI is InChI=1S/C12H13BrN6O2S/c1-6-16-9-3-2-7(13)4-8(9)11(21)19(6)15-5-10(20)17-18-12(14)22/h2-4,15H,5H2,1H3,(H,17,20)(H3,14,18,22). The highest BCUT2D eigenvalue weighted by Gasteiger charge is 2.09. The fraction of sp³-hybridized carbons (Fsp3) is 0.167. The molecule has 1 heterocycles. The van der Waals surface area contributed by atoms with E-state index in [-0.39, 0.29) is 17.2 Å². The van der Waals surface area contributed by atoms with Crippen LogP contribution in [0.15, 0.2) is 27.5 Å². The number of benzene rings is 1. The second-order valence-corrected chi connectivity index (χ2v) is 5.69. The van der Waals surface area contributed by atoms with Crippen molar-refractivity contribution in [3.63, 3.8) is 0 Å². The third kappa shape index (κ3) is 3.71. The number of nitrogens with one attached hydrogen (secondary N) is 3. The van der Waals surface area contributed by atoms with Gasteiger partial charge in [0.25, 0.3) is 11.5 Å². The fourth-order valence-electron chi connectivity index (χ4n) is 1.78. The zero-order valence-corrected chi connectivity index (χ0v) is 13.9. The van der Waals surface area contributed by atoms with Crippen molar-refractivity contribution in [3.8, 4) is 0 Å². The number of aryl methyl sites for hydroxylation is 1. The molecule has 2 aromatic rings. The predicted molar refractivity (Wildman–Crippen MR) is 90.7 cm³/mol. The number of nitrogens with zero attached hydrogens (tertiary/aromatic N) is 2. The molecule has 0 aliphatic carbocycles. The molecule has 8 nitrogen and oxygen atoms in total. The Labute approximate surface area is 139 Å². The van der Waals surface area contributed by atoms with Crippen LogP contribution >= 0.6 is 28.1 Å². The van der Waals surface area contributed by atoms with Gasteiger partial charge in [-0.3, -0.25) is 20.4 Å². The third-order valence-electron chi connectivity index (χ3n) is 2.72. The van der Waals surface area contributed by atoms with Crippen LogP contribution < -0.4 is 27.6 Å².